The van der Waals surface area contributed by atoms with Gasteiger partial charge in [0.1, 0.15) is 0 Å². The predicted octanol–water partition coefficient (Wildman–Crippen LogP) is 2.37. The van der Waals surface area contributed by atoms with Crippen LogP contribution in [0.15, 0.2) is 18.2 Å². The number of carbonyl (C=O) groups is 2. The molecule has 0 aromatic heterocycles. The summed E-state index contributed by atoms with van der Waals surface area (Å²) < 4.78 is 0. The highest BCUT2D eigenvalue weighted by Gasteiger charge is 2.14. The first-order chi connectivity index (χ1) is 9.45. The number of hydrogen-bond acceptors (Lipinski definition) is 3. The minimum Gasteiger partial charge on any atom is -0.344 e. The number of Topliss-reactive ketones (excluding diaryl/α,β-unsaturated/α-hetero) is 1. The van der Waals surface area contributed by atoms with Gasteiger partial charge in [0.05, 0.1) is 0 Å². The third-order valence-electron chi connectivity index (χ3n) is 3.38. The number of amides is 1. The summed E-state index contributed by atoms with van der Waals surface area (Å²) >= 11 is 0. The van der Waals surface area contributed by atoms with Crippen LogP contribution in [0, 0.1) is 13.8 Å². The fraction of sp³-hybridized carbons (Fsp3) is 0.500. The topological polar surface area (TPSA) is 49.4 Å². The Morgan fingerprint density at radius 3 is 2.48 bits per heavy atom. The van der Waals surface area contributed by atoms with Crippen molar-refractivity contribution in [2.24, 2.45) is 0 Å². The number of halogens is 1. The van der Waals surface area contributed by atoms with Crippen LogP contribution in [-0.4, -0.2) is 43.8 Å². The highest BCUT2D eigenvalue weighted by molar-refractivity contribution is 5.99. The van der Waals surface area contributed by atoms with Crippen molar-refractivity contribution in [1.29, 1.82) is 0 Å². The second-order valence-corrected chi connectivity index (χ2v) is 5.16. The molecule has 118 valence electrons. The van der Waals surface area contributed by atoms with Crippen LogP contribution in [0.1, 0.15) is 34.3 Å². The van der Waals surface area contributed by atoms with Crippen LogP contribution in [0.4, 0.5) is 0 Å². The molecular formula is C16H25ClN2O2. The molecule has 4 nitrogen and oxygen atoms in total. The van der Waals surface area contributed by atoms with E-state index in [1.54, 1.807) is 11.9 Å². The molecule has 1 aromatic rings. The molecule has 0 aliphatic carbocycles. The first-order valence-corrected chi connectivity index (χ1v) is 6.94. The lowest BCUT2D eigenvalue weighted by Gasteiger charge is -2.16. The molecule has 1 aromatic carbocycles. The third kappa shape index (κ3) is 6.27. The Balaban J connectivity index is 0.00000400. The number of nitrogens with zero attached hydrogens (tertiary/aromatic N) is 1. The largest absolute Gasteiger partial charge is 0.344 e. The standard InChI is InChI=1S/C16H24N2O2.ClH/c1-12-5-6-13(2)14(11-12)15(19)7-8-16(20)18(4)10-9-17-3;/h5-6,11,17H,7-10H2,1-4H3;1H. The van der Waals surface area contributed by atoms with Gasteiger partial charge in [0, 0.05) is 38.5 Å². The predicted molar refractivity (Wildman–Crippen MR) is 88.3 cm³/mol. The van der Waals surface area contributed by atoms with Gasteiger partial charge in [-0.15, -0.1) is 12.4 Å². The maximum absolute atomic E-state index is 12.2. The highest BCUT2D eigenvalue weighted by atomic mass is 35.5. The zero-order valence-corrected chi connectivity index (χ0v) is 14.0. The summed E-state index contributed by atoms with van der Waals surface area (Å²) in [6.45, 7) is 5.31. The van der Waals surface area contributed by atoms with Gasteiger partial charge in [0.15, 0.2) is 5.78 Å². The van der Waals surface area contributed by atoms with Crippen LogP contribution in [0.5, 0.6) is 0 Å². The zero-order chi connectivity index (χ0) is 15.1. The van der Waals surface area contributed by atoms with Crippen molar-refractivity contribution < 1.29 is 9.59 Å². The van der Waals surface area contributed by atoms with E-state index in [1.165, 1.54) is 0 Å². The molecule has 0 heterocycles. The van der Waals surface area contributed by atoms with Gasteiger partial charge in [-0.2, -0.15) is 0 Å². The average molecular weight is 313 g/mol. The van der Waals surface area contributed by atoms with E-state index in [0.717, 1.165) is 23.2 Å². The number of carbonyl (C=O) groups excluding carboxylic acids is 2. The molecule has 0 atom stereocenters. The Bertz CT molecular complexity index is 489. The molecule has 1 rings (SSSR count). The van der Waals surface area contributed by atoms with Crippen molar-refractivity contribution in [3.05, 3.63) is 34.9 Å². The van der Waals surface area contributed by atoms with E-state index in [4.69, 9.17) is 0 Å². The second kappa shape index (κ2) is 9.53. The van der Waals surface area contributed by atoms with Gasteiger partial charge in [-0.25, -0.2) is 0 Å². The van der Waals surface area contributed by atoms with Gasteiger partial charge in [-0.1, -0.05) is 17.7 Å². The average Bonchev–Trinajstić information content (AvgIpc) is 2.44. The minimum atomic E-state index is 0. The lowest BCUT2D eigenvalue weighted by Crippen LogP contribution is -2.32. The zero-order valence-electron chi connectivity index (χ0n) is 13.2. The number of hydrogen-bond donors (Lipinski definition) is 1. The molecular weight excluding hydrogens is 288 g/mol. The van der Waals surface area contributed by atoms with Gasteiger partial charge in [-0.3, -0.25) is 9.59 Å². The van der Waals surface area contributed by atoms with Crippen molar-refractivity contribution in [2.45, 2.75) is 26.7 Å². The summed E-state index contributed by atoms with van der Waals surface area (Å²) in [5.41, 5.74) is 2.77. The monoisotopic (exact) mass is 312 g/mol. The summed E-state index contributed by atoms with van der Waals surface area (Å²) in [5, 5.41) is 3.00. The number of rotatable bonds is 7. The first kappa shape index (κ1) is 19.6. The van der Waals surface area contributed by atoms with E-state index in [2.05, 4.69) is 5.32 Å². The molecule has 5 heteroatoms. The van der Waals surface area contributed by atoms with E-state index in [0.29, 0.717) is 6.54 Å². The van der Waals surface area contributed by atoms with Crippen molar-refractivity contribution in [3.8, 4) is 0 Å². The lowest BCUT2D eigenvalue weighted by molar-refractivity contribution is -0.129. The minimum absolute atomic E-state index is 0. The van der Waals surface area contributed by atoms with Gasteiger partial charge in [-0.05, 0) is 32.5 Å². The van der Waals surface area contributed by atoms with E-state index >= 15 is 0 Å². The molecule has 0 unspecified atom stereocenters. The SMILES string of the molecule is CNCCN(C)C(=O)CCC(=O)c1cc(C)ccc1C.Cl. The van der Waals surface area contributed by atoms with E-state index in [-0.39, 0.29) is 36.9 Å². The molecule has 0 bridgehead atoms. The van der Waals surface area contributed by atoms with Crippen LogP contribution in [-0.2, 0) is 4.79 Å². The first-order valence-electron chi connectivity index (χ1n) is 6.94. The van der Waals surface area contributed by atoms with Crippen LogP contribution in [0.25, 0.3) is 0 Å². The Kier molecular flexibility index (Phi) is 8.90. The molecule has 0 fully saturated rings. The fourth-order valence-electron chi connectivity index (χ4n) is 1.99. The van der Waals surface area contributed by atoms with E-state index in [9.17, 15) is 9.59 Å². The number of ketones is 1. The molecule has 0 aliphatic heterocycles. The Labute approximate surface area is 133 Å². The number of benzene rings is 1. The molecule has 0 radical (unpaired) electrons. The fourth-order valence-corrected chi connectivity index (χ4v) is 1.99. The van der Waals surface area contributed by atoms with Gasteiger partial charge in [0.25, 0.3) is 0 Å². The maximum Gasteiger partial charge on any atom is 0.222 e. The van der Waals surface area contributed by atoms with Crippen molar-refractivity contribution in [3.63, 3.8) is 0 Å². The summed E-state index contributed by atoms with van der Waals surface area (Å²) in [5.74, 6) is 0.0560. The van der Waals surface area contributed by atoms with Crippen LogP contribution in [0.3, 0.4) is 0 Å². The van der Waals surface area contributed by atoms with Crippen molar-refractivity contribution >= 4 is 24.1 Å². The Morgan fingerprint density at radius 2 is 1.86 bits per heavy atom. The van der Waals surface area contributed by atoms with Gasteiger partial charge >= 0.3 is 0 Å². The van der Waals surface area contributed by atoms with Gasteiger partial charge < -0.3 is 10.2 Å². The number of likely N-dealkylation sites (N-methyl/N-ethyl adjacent to an activating group) is 2. The Hall–Kier alpha value is -1.39. The smallest absolute Gasteiger partial charge is 0.222 e. The molecule has 0 saturated carbocycles. The summed E-state index contributed by atoms with van der Waals surface area (Å²) in [7, 11) is 3.62. The lowest BCUT2D eigenvalue weighted by atomic mass is 9.99. The number of aryl methyl sites for hydroxylation is 2. The molecule has 1 amide bonds. The Morgan fingerprint density at radius 1 is 1.19 bits per heavy atom. The molecule has 0 saturated heterocycles. The van der Waals surface area contributed by atoms with Gasteiger partial charge in [0.2, 0.25) is 5.91 Å². The summed E-state index contributed by atoms with van der Waals surface area (Å²) in [4.78, 5) is 25.7. The quantitative estimate of drug-likeness (QED) is 0.786. The van der Waals surface area contributed by atoms with Crippen LogP contribution >= 0.6 is 12.4 Å². The maximum atomic E-state index is 12.2. The highest BCUT2D eigenvalue weighted by Crippen LogP contribution is 2.14. The van der Waals surface area contributed by atoms with Crippen molar-refractivity contribution in [1.82, 2.24) is 10.2 Å². The van der Waals surface area contributed by atoms with E-state index in [1.807, 2.05) is 39.1 Å². The summed E-state index contributed by atoms with van der Waals surface area (Å²) in [6.07, 6.45) is 0.541. The van der Waals surface area contributed by atoms with Crippen molar-refractivity contribution in [2.75, 3.05) is 27.2 Å². The molecule has 0 aliphatic rings. The second-order valence-electron chi connectivity index (χ2n) is 5.16. The normalized spacial score (nSPS) is 9.90. The molecule has 0 spiro atoms. The number of nitrogens with one attached hydrogen (secondary N) is 1. The third-order valence-corrected chi connectivity index (χ3v) is 3.38. The molecule has 21 heavy (non-hydrogen) atoms. The summed E-state index contributed by atoms with van der Waals surface area (Å²) in [6, 6.07) is 5.83. The molecule has 1 N–H and O–H groups in total. The van der Waals surface area contributed by atoms with E-state index < -0.39 is 0 Å². The van der Waals surface area contributed by atoms with Crippen LogP contribution in [0.2, 0.25) is 0 Å². The van der Waals surface area contributed by atoms with Crippen LogP contribution < -0.4 is 5.32 Å².